The van der Waals surface area contributed by atoms with Gasteiger partial charge in [0, 0.05) is 39.5 Å². The van der Waals surface area contributed by atoms with Gasteiger partial charge in [-0.3, -0.25) is 0 Å². The number of methoxy groups -OCH3 is 1. The van der Waals surface area contributed by atoms with Gasteiger partial charge in [0.1, 0.15) is 23.2 Å². The maximum atomic E-state index is 6.10. The normalized spacial score (nSPS) is 12.6. The van der Waals surface area contributed by atoms with E-state index in [9.17, 15) is 0 Å². The summed E-state index contributed by atoms with van der Waals surface area (Å²) in [6, 6.07) is 7.44. The number of hydrogen-bond acceptors (Lipinski definition) is 8. The fraction of sp³-hybridized carbons (Fsp3) is 0.350. The number of furan rings is 1. The minimum Gasteiger partial charge on any atom is -0.472 e. The molecule has 0 saturated carbocycles. The summed E-state index contributed by atoms with van der Waals surface area (Å²) in [6.07, 6.45) is 3.34. The van der Waals surface area contributed by atoms with Crippen LogP contribution >= 0.6 is 0 Å². The van der Waals surface area contributed by atoms with Crippen molar-refractivity contribution in [3.05, 3.63) is 36.7 Å². The van der Waals surface area contributed by atoms with Crippen LogP contribution in [0.4, 0.5) is 5.82 Å². The Morgan fingerprint density at radius 2 is 2.14 bits per heavy atom. The zero-order chi connectivity index (χ0) is 20.4. The van der Waals surface area contributed by atoms with Crippen molar-refractivity contribution in [2.75, 3.05) is 38.8 Å². The molecule has 152 valence electrons. The van der Waals surface area contributed by atoms with Crippen LogP contribution in [0.15, 0.2) is 41.1 Å². The van der Waals surface area contributed by atoms with E-state index in [-0.39, 0.29) is 6.10 Å². The SMILES string of the molecule is COCCN(C)c1nccc2oc(-c3cnc4ccc(O[C@H](C)CN)nn34)cc12. The van der Waals surface area contributed by atoms with E-state index in [4.69, 9.17) is 19.6 Å². The zero-order valence-electron chi connectivity index (χ0n) is 16.7. The predicted molar refractivity (Wildman–Crippen MR) is 110 cm³/mol. The molecule has 0 bridgehead atoms. The topological polar surface area (TPSA) is 104 Å². The van der Waals surface area contributed by atoms with Crippen molar-refractivity contribution in [3.8, 4) is 17.3 Å². The first-order valence-corrected chi connectivity index (χ1v) is 9.41. The van der Waals surface area contributed by atoms with Gasteiger partial charge >= 0.3 is 0 Å². The second-order valence-electron chi connectivity index (χ2n) is 6.82. The number of hydrogen-bond donors (Lipinski definition) is 1. The van der Waals surface area contributed by atoms with Crippen LogP contribution in [0, 0.1) is 0 Å². The average molecular weight is 396 g/mol. The summed E-state index contributed by atoms with van der Waals surface area (Å²) < 4.78 is 18.7. The van der Waals surface area contributed by atoms with Gasteiger partial charge in [-0.1, -0.05) is 0 Å². The van der Waals surface area contributed by atoms with E-state index in [2.05, 4.69) is 15.1 Å². The third-order valence-electron chi connectivity index (χ3n) is 4.66. The molecule has 2 N–H and O–H groups in total. The minimum absolute atomic E-state index is 0.130. The smallest absolute Gasteiger partial charge is 0.232 e. The van der Waals surface area contributed by atoms with Crippen molar-refractivity contribution >= 4 is 22.4 Å². The molecule has 4 rings (SSSR count). The third-order valence-corrected chi connectivity index (χ3v) is 4.66. The molecule has 9 heteroatoms. The molecule has 0 aliphatic rings. The fourth-order valence-corrected chi connectivity index (χ4v) is 3.05. The monoisotopic (exact) mass is 396 g/mol. The number of anilines is 1. The highest BCUT2D eigenvalue weighted by Crippen LogP contribution is 2.32. The fourth-order valence-electron chi connectivity index (χ4n) is 3.05. The van der Waals surface area contributed by atoms with Crippen LogP contribution in [0.1, 0.15) is 6.92 Å². The van der Waals surface area contributed by atoms with E-state index >= 15 is 0 Å². The molecule has 1 atom stereocenters. The highest BCUT2D eigenvalue weighted by molar-refractivity contribution is 5.91. The van der Waals surface area contributed by atoms with Crippen molar-refractivity contribution in [1.29, 1.82) is 0 Å². The molecule has 9 nitrogen and oxygen atoms in total. The summed E-state index contributed by atoms with van der Waals surface area (Å²) >= 11 is 0. The number of pyridine rings is 1. The Bertz CT molecular complexity index is 1120. The number of imidazole rings is 1. The maximum absolute atomic E-state index is 6.10. The van der Waals surface area contributed by atoms with Crippen molar-refractivity contribution in [3.63, 3.8) is 0 Å². The van der Waals surface area contributed by atoms with Crippen molar-refractivity contribution in [2.45, 2.75) is 13.0 Å². The molecular weight excluding hydrogens is 372 g/mol. The second kappa shape index (κ2) is 8.06. The Hall–Kier alpha value is -3.17. The van der Waals surface area contributed by atoms with E-state index in [0.29, 0.717) is 30.4 Å². The van der Waals surface area contributed by atoms with Crippen LogP contribution in [-0.2, 0) is 4.74 Å². The Balaban J connectivity index is 1.74. The standard InChI is InChI=1S/C20H24N6O3/c1-13(11-21)28-19-5-4-18-23-12-15(26(18)24-19)17-10-14-16(29-17)6-7-22-20(14)25(2)8-9-27-3/h4-7,10,12-13H,8-9,11,21H2,1-3H3/t13-/m1/s1. The summed E-state index contributed by atoms with van der Waals surface area (Å²) in [4.78, 5) is 11.0. The number of fused-ring (bicyclic) bond motifs is 2. The minimum atomic E-state index is -0.130. The first-order valence-electron chi connectivity index (χ1n) is 9.41. The van der Waals surface area contributed by atoms with Gasteiger partial charge in [-0.05, 0) is 25.1 Å². The number of nitrogens with zero attached hydrogens (tertiary/aromatic N) is 5. The number of rotatable bonds is 8. The number of nitrogens with two attached hydrogens (primary N) is 1. The summed E-state index contributed by atoms with van der Waals surface area (Å²) in [7, 11) is 3.66. The number of aromatic nitrogens is 4. The molecule has 0 fully saturated rings. The van der Waals surface area contributed by atoms with Crippen LogP contribution in [0.5, 0.6) is 5.88 Å². The van der Waals surface area contributed by atoms with Gasteiger partial charge < -0.3 is 24.5 Å². The van der Waals surface area contributed by atoms with Gasteiger partial charge in [0.05, 0.1) is 18.2 Å². The highest BCUT2D eigenvalue weighted by atomic mass is 16.5. The van der Waals surface area contributed by atoms with E-state index in [1.165, 1.54) is 0 Å². The van der Waals surface area contributed by atoms with Gasteiger partial charge in [-0.15, -0.1) is 5.10 Å². The van der Waals surface area contributed by atoms with E-state index < -0.39 is 0 Å². The molecule has 0 aromatic carbocycles. The van der Waals surface area contributed by atoms with Crippen LogP contribution < -0.4 is 15.4 Å². The largest absolute Gasteiger partial charge is 0.472 e. The molecule has 4 aromatic heterocycles. The predicted octanol–water partition coefficient (Wildman–Crippen LogP) is 2.35. The molecule has 0 unspecified atom stereocenters. The molecule has 0 amide bonds. The second-order valence-corrected chi connectivity index (χ2v) is 6.82. The molecule has 0 aliphatic carbocycles. The highest BCUT2D eigenvalue weighted by Gasteiger charge is 2.17. The lowest BCUT2D eigenvalue weighted by molar-refractivity contribution is 0.206. The van der Waals surface area contributed by atoms with E-state index in [1.54, 1.807) is 30.1 Å². The molecule has 4 aromatic rings. The van der Waals surface area contributed by atoms with Crippen LogP contribution in [0.25, 0.3) is 28.1 Å². The lowest BCUT2D eigenvalue weighted by Gasteiger charge is -2.17. The summed E-state index contributed by atoms with van der Waals surface area (Å²) in [5.41, 5.74) is 7.81. The van der Waals surface area contributed by atoms with Gasteiger partial charge in [-0.25, -0.2) is 14.5 Å². The molecule has 0 spiro atoms. The van der Waals surface area contributed by atoms with Crippen molar-refractivity contribution in [2.24, 2.45) is 5.73 Å². The zero-order valence-corrected chi connectivity index (χ0v) is 16.7. The van der Waals surface area contributed by atoms with Crippen molar-refractivity contribution in [1.82, 2.24) is 19.6 Å². The first kappa shape index (κ1) is 19.2. The van der Waals surface area contributed by atoms with Crippen LogP contribution in [-0.4, -0.2) is 59.5 Å². The van der Waals surface area contributed by atoms with Gasteiger partial charge in [0.2, 0.25) is 5.88 Å². The lowest BCUT2D eigenvalue weighted by Crippen LogP contribution is -2.23. The van der Waals surface area contributed by atoms with Gasteiger partial charge in [-0.2, -0.15) is 0 Å². The van der Waals surface area contributed by atoms with E-state index in [1.807, 2.05) is 37.1 Å². The Kier molecular flexibility index (Phi) is 5.32. The maximum Gasteiger partial charge on any atom is 0.232 e. The lowest BCUT2D eigenvalue weighted by atomic mass is 10.2. The number of likely N-dealkylation sites (N-methyl/N-ethyl adjacent to an activating group) is 1. The van der Waals surface area contributed by atoms with Gasteiger partial charge in [0.25, 0.3) is 0 Å². The molecule has 0 radical (unpaired) electrons. The third kappa shape index (κ3) is 3.74. The quantitative estimate of drug-likeness (QED) is 0.484. The molecule has 4 heterocycles. The summed E-state index contributed by atoms with van der Waals surface area (Å²) in [5.74, 6) is 1.96. The molecule has 0 aliphatic heterocycles. The van der Waals surface area contributed by atoms with Crippen molar-refractivity contribution < 1.29 is 13.9 Å². The number of ether oxygens (including phenoxy) is 2. The molecule has 0 saturated heterocycles. The average Bonchev–Trinajstić information content (AvgIpc) is 3.35. The first-order chi connectivity index (χ1) is 14.1. The Morgan fingerprint density at radius 3 is 2.93 bits per heavy atom. The molecule has 29 heavy (non-hydrogen) atoms. The molecular formula is C20H24N6O3. The van der Waals surface area contributed by atoms with E-state index in [0.717, 1.165) is 29.0 Å². The Labute approximate surface area is 168 Å². The van der Waals surface area contributed by atoms with Crippen LogP contribution in [0.3, 0.4) is 0 Å². The summed E-state index contributed by atoms with van der Waals surface area (Å²) in [6.45, 7) is 3.64. The van der Waals surface area contributed by atoms with Gasteiger partial charge in [0.15, 0.2) is 11.4 Å². The van der Waals surface area contributed by atoms with Crippen LogP contribution in [0.2, 0.25) is 0 Å². The Morgan fingerprint density at radius 1 is 1.28 bits per heavy atom. The summed E-state index contributed by atoms with van der Waals surface area (Å²) in [5, 5.41) is 5.46.